The summed E-state index contributed by atoms with van der Waals surface area (Å²) in [5, 5.41) is 1.08. The Kier molecular flexibility index (Phi) is 3.48. The van der Waals surface area contributed by atoms with Crippen LogP contribution in [0.3, 0.4) is 0 Å². The van der Waals surface area contributed by atoms with Crippen LogP contribution >= 0.6 is 34.5 Å². The summed E-state index contributed by atoms with van der Waals surface area (Å²) in [6.45, 7) is 0. The number of aromatic nitrogens is 2. The van der Waals surface area contributed by atoms with E-state index in [1.807, 2.05) is 10.5 Å². The number of fused-ring (bicyclic) bond motifs is 3. The zero-order valence-corrected chi connectivity index (χ0v) is 13.9. The molecule has 0 radical (unpaired) electrons. The number of imidazole rings is 1. The summed E-state index contributed by atoms with van der Waals surface area (Å²) in [6.07, 6.45) is 5.33. The zero-order valence-electron chi connectivity index (χ0n) is 11.6. The van der Waals surface area contributed by atoms with Crippen molar-refractivity contribution >= 4 is 45.8 Å². The number of hydrogen-bond acceptors (Lipinski definition) is 3. The van der Waals surface area contributed by atoms with E-state index in [1.165, 1.54) is 17.0 Å². The molecule has 0 atom stereocenters. The van der Waals surface area contributed by atoms with Gasteiger partial charge in [-0.25, -0.2) is 4.98 Å². The lowest BCUT2D eigenvalue weighted by Crippen LogP contribution is -2.05. The Hall–Kier alpha value is -1.36. The van der Waals surface area contributed by atoms with Gasteiger partial charge in [0.15, 0.2) is 11.2 Å². The Morgan fingerprint density at radius 3 is 2.82 bits per heavy atom. The topological polar surface area (TPSA) is 34.4 Å². The first-order valence-electron chi connectivity index (χ1n) is 7.12. The number of benzene rings is 1. The van der Waals surface area contributed by atoms with Gasteiger partial charge in [-0.05, 0) is 43.9 Å². The quantitative estimate of drug-likeness (QED) is 0.605. The van der Waals surface area contributed by atoms with Crippen molar-refractivity contribution in [3.8, 4) is 11.3 Å². The van der Waals surface area contributed by atoms with E-state index in [0.29, 0.717) is 21.4 Å². The largest absolute Gasteiger partial charge is 0.296 e. The number of hydrogen-bond donors (Lipinski definition) is 0. The maximum atomic E-state index is 11.7. The Morgan fingerprint density at radius 2 is 2.05 bits per heavy atom. The molecule has 0 unspecified atom stereocenters. The summed E-state index contributed by atoms with van der Waals surface area (Å²) < 4.78 is 2.01. The molecule has 1 aliphatic rings. The Labute approximate surface area is 141 Å². The van der Waals surface area contributed by atoms with E-state index in [-0.39, 0.29) is 0 Å². The summed E-state index contributed by atoms with van der Waals surface area (Å²) in [7, 11) is 0. The zero-order chi connectivity index (χ0) is 15.3. The SMILES string of the molecule is O=Cc1c(-c2ccc(Cl)cc2Cl)nc2sc3c(n12)CCCC3. The van der Waals surface area contributed by atoms with Gasteiger partial charge >= 0.3 is 0 Å². The van der Waals surface area contributed by atoms with Crippen molar-refractivity contribution in [2.24, 2.45) is 0 Å². The van der Waals surface area contributed by atoms with Crippen molar-refractivity contribution in [2.75, 3.05) is 0 Å². The van der Waals surface area contributed by atoms with Crippen LogP contribution in [0.2, 0.25) is 10.0 Å². The van der Waals surface area contributed by atoms with Crippen molar-refractivity contribution < 1.29 is 4.79 Å². The molecular formula is C16H12Cl2N2OS. The van der Waals surface area contributed by atoms with Crippen LogP contribution in [0.5, 0.6) is 0 Å². The third-order valence-corrected chi connectivity index (χ3v) is 5.74. The molecular weight excluding hydrogens is 339 g/mol. The molecule has 1 aromatic carbocycles. The second-order valence-electron chi connectivity index (χ2n) is 5.38. The second kappa shape index (κ2) is 5.37. The van der Waals surface area contributed by atoms with Crippen molar-refractivity contribution in [3.05, 3.63) is 44.5 Å². The van der Waals surface area contributed by atoms with E-state index in [0.717, 1.165) is 36.1 Å². The van der Waals surface area contributed by atoms with Crippen LogP contribution in [0.15, 0.2) is 18.2 Å². The smallest absolute Gasteiger partial charge is 0.195 e. The molecule has 0 saturated heterocycles. The van der Waals surface area contributed by atoms with Gasteiger partial charge in [-0.15, -0.1) is 11.3 Å². The highest BCUT2D eigenvalue weighted by Gasteiger charge is 2.23. The molecule has 0 amide bonds. The summed E-state index contributed by atoms with van der Waals surface area (Å²) >= 11 is 13.9. The second-order valence-corrected chi connectivity index (χ2v) is 7.29. The minimum atomic E-state index is 0.509. The first kappa shape index (κ1) is 14.2. The Morgan fingerprint density at radius 1 is 1.23 bits per heavy atom. The lowest BCUT2D eigenvalue weighted by Gasteiger charge is -2.11. The number of thiazole rings is 1. The van der Waals surface area contributed by atoms with Gasteiger partial charge in [0.2, 0.25) is 0 Å². The lowest BCUT2D eigenvalue weighted by molar-refractivity contribution is 0.111. The monoisotopic (exact) mass is 350 g/mol. The molecule has 0 spiro atoms. The predicted molar refractivity (Wildman–Crippen MR) is 90.6 cm³/mol. The average molecular weight is 351 g/mol. The number of aldehydes is 1. The molecule has 0 aliphatic heterocycles. The highest BCUT2D eigenvalue weighted by atomic mass is 35.5. The number of carbonyl (C=O) groups excluding carboxylic acids is 1. The normalized spacial score (nSPS) is 14.3. The number of carbonyl (C=O) groups is 1. The van der Waals surface area contributed by atoms with Crippen LogP contribution < -0.4 is 0 Å². The molecule has 112 valence electrons. The van der Waals surface area contributed by atoms with Gasteiger partial charge in [0.1, 0.15) is 11.4 Å². The molecule has 22 heavy (non-hydrogen) atoms. The van der Waals surface area contributed by atoms with E-state index in [4.69, 9.17) is 23.2 Å². The highest BCUT2D eigenvalue weighted by Crippen LogP contribution is 2.37. The standard InChI is InChI=1S/C16H12Cl2N2OS/c17-9-5-6-10(11(18)7-9)15-13(8-21)20-12-3-1-2-4-14(12)22-16(20)19-15/h5-8H,1-4H2. The average Bonchev–Trinajstić information content (AvgIpc) is 3.02. The summed E-state index contributed by atoms with van der Waals surface area (Å²) in [5.41, 5.74) is 3.20. The van der Waals surface area contributed by atoms with Gasteiger partial charge in [-0.3, -0.25) is 9.20 Å². The van der Waals surface area contributed by atoms with Gasteiger partial charge in [-0.2, -0.15) is 0 Å². The molecule has 0 bridgehead atoms. The predicted octanol–water partition coefficient (Wildman–Crippen LogP) is 5.06. The molecule has 0 N–H and O–H groups in total. The van der Waals surface area contributed by atoms with E-state index < -0.39 is 0 Å². The number of nitrogens with zero attached hydrogens (tertiary/aromatic N) is 2. The minimum Gasteiger partial charge on any atom is -0.296 e. The van der Waals surface area contributed by atoms with Crippen molar-refractivity contribution in [2.45, 2.75) is 25.7 Å². The van der Waals surface area contributed by atoms with Gasteiger partial charge in [0.25, 0.3) is 0 Å². The molecule has 2 heterocycles. The molecule has 0 fully saturated rings. The highest BCUT2D eigenvalue weighted by molar-refractivity contribution is 7.17. The van der Waals surface area contributed by atoms with Crippen LogP contribution in [0.1, 0.15) is 33.9 Å². The number of rotatable bonds is 2. The fourth-order valence-electron chi connectivity index (χ4n) is 3.05. The molecule has 0 saturated carbocycles. The third kappa shape index (κ3) is 2.09. The molecule has 3 nitrogen and oxygen atoms in total. The van der Waals surface area contributed by atoms with Gasteiger partial charge < -0.3 is 0 Å². The van der Waals surface area contributed by atoms with Crippen molar-refractivity contribution in [3.63, 3.8) is 0 Å². The number of halogens is 2. The van der Waals surface area contributed by atoms with Crippen molar-refractivity contribution in [1.29, 1.82) is 0 Å². The maximum absolute atomic E-state index is 11.7. The Bertz CT molecular complexity index is 897. The first-order valence-corrected chi connectivity index (χ1v) is 8.70. The fourth-order valence-corrected chi connectivity index (χ4v) is 4.76. The summed E-state index contributed by atoms with van der Waals surface area (Å²) in [5.74, 6) is 0. The molecule has 3 aromatic rings. The van der Waals surface area contributed by atoms with Crippen molar-refractivity contribution in [1.82, 2.24) is 9.38 Å². The van der Waals surface area contributed by atoms with Crippen LogP contribution in [0.25, 0.3) is 16.2 Å². The van der Waals surface area contributed by atoms with Crippen LogP contribution in [0.4, 0.5) is 0 Å². The minimum absolute atomic E-state index is 0.509. The molecule has 6 heteroatoms. The maximum Gasteiger partial charge on any atom is 0.195 e. The van der Waals surface area contributed by atoms with Gasteiger partial charge in [0.05, 0.1) is 5.02 Å². The van der Waals surface area contributed by atoms with E-state index in [2.05, 4.69) is 4.98 Å². The summed E-state index contributed by atoms with van der Waals surface area (Å²) in [6, 6.07) is 5.26. The molecule has 4 rings (SSSR count). The van der Waals surface area contributed by atoms with Gasteiger partial charge in [0, 0.05) is 21.2 Å². The molecule has 1 aliphatic carbocycles. The Balaban J connectivity index is 1.99. The number of aryl methyl sites for hydroxylation is 2. The van der Waals surface area contributed by atoms with Gasteiger partial charge in [-0.1, -0.05) is 23.2 Å². The van der Waals surface area contributed by atoms with Crippen LogP contribution in [-0.2, 0) is 12.8 Å². The van der Waals surface area contributed by atoms with Crippen LogP contribution in [0, 0.1) is 0 Å². The fraction of sp³-hybridized carbons (Fsp3) is 0.250. The third-order valence-electron chi connectivity index (χ3n) is 4.05. The van der Waals surface area contributed by atoms with E-state index in [9.17, 15) is 4.79 Å². The summed E-state index contributed by atoms with van der Waals surface area (Å²) in [4.78, 5) is 18.6. The molecule has 2 aromatic heterocycles. The lowest BCUT2D eigenvalue weighted by atomic mass is 10.0. The van der Waals surface area contributed by atoms with E-state index >= 15 is 0 Å². The first-order chi connectivity index (χ1) is 10.7. The van der Waals surface area contributed by atoms with E-state index in [1.54, 1.807) is 23.5 Å². The van der Waals surface area contributed by atoms with Crippen LogP contribution in [-0.4, -0.2) is 15.7 Å².